The lowest BCUT2D eigenvalue weighted by molar-refractivity contribution is 0.0887. The molecular weight excluding hydrogens is 386 g/mol. The first-order valence-corrected chi connectivity index (χ1v) is 10.8. The molecule has 1 N–H and O–H groups in total. The molecule has 2 saturated heterocycles. The fourth-order valence-corrected chi connectivity index (χ4v) is 4.82. The summed E-state index contributed by atoms with van der Waals surface area (Å²) in [5.41, 5.74) is 2.41. The molecule has 2 aromatic carbocycles. The molecule has 2 aliphatic rings. The smallest absolute Gasteiger partial charge is 0.176 e. The number of hydrogen-bond donors (Lipinski definition) is 1. The lowest BCUT2D eigenvalue weighted by Gasteiger charge is -2.44. The molecule has 2 aliphatic heterocycles. The van der Waals surface area contributed by atoms with Gasteiger partial charge in [0.2, 0.25) is 0 Å². The summed E-state index contributed by atoms with van der Waals surface area (Å²) in [6, 6.07) is 15.1. The van der Waals surface area contributed by atoms with E-state index in [1.165, 1.54) is 18.5 Å². The molecule has 1 atom stereocenters. The molecule has 0 bridgehead atoms. The van der Waals surface area contributed by atoms with E-state index in [1.807, 2.05) is 12.1 Å². The average Bonchev–Trinajstić information content (AvgIpc) is 2.77. The number of piperidine rings is 1. The molecule has 2 heterocycles. The first-order chi connectivity index (χ1) is 14.1. The zero-order chi connectivity index (χ0) is 20.2. The second kappa shape index (κ2) is 9.24. The molecule has 5 nitrogen and oxygen atoms in total. The lowest BCUT2D eigenvalue weighted by atomic mass is 10.0. The predicted molar refractivity (Wildman–Crippen MR) is 118 cm³/mol. The first-order valence-electron chi connectivity index (χ1n) is 10.5. The summed E-state index contributed by atoms with van der Waals surface area (Å²) in [7, 11) is 1.56. The number of phenols is 1. The number of likely N-dealkylation sites (tertiary alicyclic amines) is 1. The quantitative estimate of drug-likeness (QED) is 0.803. The normalized spacial score (nSPS) is 21.3. The number of phenolic OH excluding ortho intramolecular Hbond substituents is 1. The average molecular weight is 416 g/mol. The maximum atomic E-state index is 9.96. The number of nitrogens with zero attached hydrogens (tertiary/aromatic N) is 3. The molecular formula is C23H30ClN3O2. The van der Waals surface area contributed by atoms with Crippen LogP contribution in [0.3, 0.4) is 0 Å². The van der Waals surface area contributed by atoms with Gasteiger partial charge < -0.3 is 14.7 Å². The molecule has 0 spiro atoms. The van der Waals surface area contributed by atoms with E-state index < -0.39 is 0 Å². The van der Waals surface area contributed by atoms with Gasteiger partial charge in [-0.25, -0.2) is 0 Å². The van der Waals surface area contributed by atoms with Crippen LogP contribution in [0, 0.1) is 0 Å². The lowest BCUT2D eigenvalue weighted by Crippen LogP contribution is -2.55. The monoisotopic (exact) mass is 415 g/mol. The zero-order valence-electron chi connectivity index (χ0n) is 17.1. The third-order valence-electron chi connectivity index (χ3n) is 6.15. The second-order valence-corrected chi connectivity index (χ2v) is 8.43. The Balaban J connectivity index is 1.34. The number of aromatic hydroxyl groups is 1. The summed E-state index contributed by atoms with van der Waals surface area (Å²) in [4.78, 5) is 7.65. The Labute approximate surface area is 178 Å². The van der Waals surface area contributed by atoms with Crippen LogP contribution in [0.5, 0.6) is 11.5 Å². The molecule has 1 unspecified atom stereocenters. The molecule has 0 saturated carbocycles. The van der Waals surface area contributed by atoms with E-state index >= 15 is 0 Å². The van der Waals surface area contributed by atoms with E-state index in [9.17, 15) is 5.11 Å². The zero-order valence-corrected chi connectivity index (χ0v) is 17.8. The number of anilines is 1. The van der Waals surface area contributed by atoms with Crippen LogP contribution in [0.15, 0.2) is 42.5 Å². The van der Waals surface area contributed by atoms with Crippen molar-refractivity contribution < 1.29 is 9.84 Å². The molecule has 2 aromatic rings. The number of para-hydroxylation sites is 1. The largest absolute Gasteiger partial charge is 0.503 e. The van der Waals surface area contributed by atoms with Crippen molar-refractivity contribution in [2.75, 3.05) is 51.3 Å². The van der Waals surface area contributed by atoms with Gasteiger partial charge in [-0.2, -0.15) is 0 Å². The number of piperazine rings is 1. The van der Waals surface area contributed by atoms with E-state index in [1.54, 1.807) is 7.11 Å². The number of ether oxygens (including phenoxy) is 1. The minimum Gasteiger partial charge on any atom is -0.503 e. The standard InChI is InChI=1S/C23H30ClN3O2/c1-29-22-15-18(14-21(24)23(22)28)16-25-9-5-8-20(17-25)27-12-10-26(11-13-27)19-6-3-2-4-7-19/h2-4,6-7,14-15,20,28H,5,8-13,16-17H2,1H3. The van der Waals surface area contributed by atoms with Crippen molar-refractivity contribution in [1.82, 2.24) is 9.80 Å². The van der Waals surface area contributed by atoms with E-state index in [4.69, 9.17) is 16.3 Å². The van der Waals surface area contributed by atoms with Gasteiger partial charge in [0, 0.05) is 51.0 Å². The van der Waals surface area contributed by atoms with Crippen molar-refractivity contribution in [3.63, 3.8) is 0 Å². The maximum absolute atomic E-state index is 9.96. The van der Waals surface area contributed by atoms with Crippen molar-refractivity contribution in [3.05, 3.63) is 53.1 Å². The highest BCUT2D eigenvalue weighted by atomic mass is 35.5. The van der Waals surface area contributed by atoms with Crippen LogP contribution in [-0.2, 0) is 6.54 Å². The van der Waals surface area contributed by atoms with Gasteiger partial charge in [0.15, 0.2) is 11.5 Å². The molecule has 156 valence electrons. The van der Waals surface area contributed by atoms with Crippen LogP contribution in [0.25, 0.3) is 0 Å². The van der Waals surface area contributed by atoms with E-state index in [2.05, 4.69) is 45.0 Å². The molecule has 6 heteroatoms. The third-order valence-corrected chi connectivity index (χ3v) is 6.44. The molecule has 0 aromatic heterocycles. The topological polar surface area (TPSA) is 39.2 Å². The second-order valence-electron chi connectivity index (χ2n) is 8.02. The molecule has 4 rings (SSSR count). The van der Waals surface area contributed by atoms with Crippen LogP contribution in [-0.4, -0.2) is 67.3 Å². The van der Waals surface area contributed by atoms with Crippen molar-refractivity contribution in [1.29, 1.82) is 0 Å². The Morgan fingerprint density at radius 2 is 1.83 bits per heavy atom. The summed E-state index contributed by atoms with van der Waals surface area (Å²) in [6.07, 6.45) is 2.48. The van der Waals surface area contributed by atoms with Crippen molar-refractivity contribution in [2.24, 2.45) is 0 Å². The van der Waals surface area contributed by atoms with Gasteiger partial charge in [0.1, 0.15) is 0 Å². The number of hydrogen-bond acceptors (Lipinski definition) is 5. The van der Waals surface area contributed by atoms with Crippen LogP contribution < -0.4 is 9.64 Å². The summed E-state index contributed by atoms with van der Waals surface area (Å²) >= 11 is 6.17. The fraction of sp³-hybridized carbons (Fsp3) is 0.478. The Morgan fingerprint density at radius 3 is 2.55 bits per heavy atom. The Morgan fingerprint density at radius 1 is 1.07 bits per heavy atom. The van der Waals surface area contributed by atoms with Crippen molar-refractivity contribution in [2.45, 2.75) is 25.4 Å². The molecule has 0 aliphatic carbocycles. The third kappa shape index (κ3) is 4.80. The predicted octanol–water partition coefficient (Wildman–Crippen LogP) is 3.84. The first kappa shape index (κ1) is 20.3. The molecule has 0 amide bonds. The van der Waals surface area contributed by atoms with E-state index in [-0.39, 0.29) is 5.75 Å². The maximum Gasteiger partial charge on any atom is 0.176 e. The number of methoxy groups -OCH3 is 1. The van der Waals surface area contributed by atoms with Gasteiger partial charge in [-0.05, 0) is 49.2 Å². The highest BCUT2D eigenvalue weighted by Crippen LogP contribution is 2.35. The summed E-state index contributed by atoms with van der Waals surface area (Å²) in [5.74, 6) is 0.462. The fourth-order valence-electron chi connectivity index (χ4n) is 4.59. The summed E-state index contributed by atoms with van der Waals surface area (Å²) < 4.78 is 5.25. The Hall–Kier alpha value is -1.95. The number of halogens is 1. The SMILES string of the molecule is COc1cc(CN2CCCC(N3CCN(c4ccccc4)CC3)C2)cc(Cl)c1O. The number of rotatable bonds is 5. The van der Waals surface area contributed by atoms with Crippen molar-refractivity contribution >= 4 is 17.3 Å². The van der Waals surface area contributed by atoms with Gasteiger partial charge >= 0.3 is 0 Å². The van der Waals surface area contributed by atoms with E-state index in [0.717, 1.165) is 51.4 Å². The molecule has 29 heavy (non-hydrogen) atoms. The van der Waals surface area contributed by atoms with Gasteiger partial charge in [-0.1, -0.05) is 29.8 Å². The minimum atomic E-state index is 0.0192. The number of benzene rings is 2. The van der Waals surface area contributed by atoms with Crippen LogP contribution in [0.1, 0.15) is 18.4 Å². The molecule has 0 radical (unpaired) electrons. The van der Waals surface area contributed by atoms with Crippen LogP contribution in [0.4, 0.5) is 5.69 Å². The molecule has 2 fully saturated rings. The van der Waals surface area contributed by atoms with E-state index in [0.29, 0.717) is 16.8 Å². The van der Waals surface area contributed by atoms with Crippen molar-refractivity contribution in [3.8, 4) is 11.5 Å². The summed E-state index contributed by atoms with van der Waals surface area (Å²) in [6.45, 7) is 7.42. The van der Waals surface area contributed by atoms with Crippen LogP contribution in [0.2, 0.25) is 5.02 Å². The Bertz CT molecular complexity index is 809. The van der Waals surface area contributed by atoms with Gasteiger partial charge in [-0.15, -0.1) is 0 Å². The minimum absolute atomic E-state index is 0.0192. The van der Waals surface area contributed by atoms with Gasteiger partial charge in [0.25, 0.3) is 0 Å². The van der Waals surface area contributed by atoms with Gasteiger partial charge in [0.05, 0.1) is 12.1 Å². The van der Waals surface area contributed by atoms with Gasteiger partial charge in [-0.3, -0.25) is 9.80 Å². The Kier molecular flexibility index (Phi) is 6.48. The summed E-state index contributed by atoms with van der Waals surface area (Å²) in [5, 5.41) is 10.3. The highest BCUT2D eigenvalue weighted by molar-refractivity contribution is 6.32. The van der Waals surface area contributed by atoms with Crippen LogP contribution >= 0.6 is 11.6 Å². The highest BCUT2D eigenvalue weighted by Gasteiger charge is 2.28.